The van der Waals surface area contributed by atoms with Crippen molar-refractivity contribution in [1.29, 1.82) is 0 Å². The Bertz CT molecular complexity index is 599. The van der Waals surface area contributed by atoms with Crippen LogP contribution in [0.4, 0.5) is 0 Å². The number of hydrogen-bond donors (Lipinski definition) is 1. The van der Waals surface area contributed by atoms with Crippen molar-refractivity contribution in [2.45, 2.75) is 37.6 Å². The molecule has 104 valence electrons. The van der Waals surface area contributed by atoms with Gasteiger partial charge in [0.15, 0.2) is 5.78 Å². The Hall–Kier alpha value is -2.01. The normalized spacial score (nSPS) is 17.2. The maximum Gasteiger partial charge on any atom is 0.184 e. The number of para-hydroxylation sites is 1. The van der Waals surface area contributed by atoms with Crippen LogP contribution in [0.5, 0.6) is 0 Å². The van der Waals surface area contributed by atoms with Gasteiger partial charge in [0.05, 0.1) is 11.9 Å². The fourth-order valence-corrected chi connectivity index (χ4v) is 2.85. The first kappa shape index (κ1) is 13.0. The molecule has 0 saturated heterocycles. The Morgan fingerprint density at radius 2 is 1.95 bits per heavy atom. The van der Waals surface area contributed by atoms with Gasteiger partial charge in [0.2, 0.25) is 0 Å². The van der Waals surface area contributed by atoms with Crippen molar-refractivity contribution in [2.75, 3.05) is 0 Å². The summed E-state index contributed by atoms with van der Waals surface area (Å²) in [6.07, 6.45) is 5.96. The molecule has 1 saturated carbocycles. The minimum absolute atomic E-state index is 0.0169. The quantitative estimate of drug-likeness (QED) is 0.863. The minimum atomic E-state index is -0.344. The van der Waals surface area contributed by atoms with Gasteiger partial charge in [-0.25, -0.2) is 4.68 Å². The SMILES string of the molecule is NC1(CC(=O)c2cnnn2-c2ccccc2)CCCC1. The molecular weight excluding hydrogens is 252 g/mol. The molecule has 0 atom stereocenters. The lowest BCUT2D eigenvalue weighted by molar-refractivity contribution is 0.0944. The van der Waals surface area contributed by atoms with Crippen molar-refractivity contribution in [1.82, 2.24) is 15.0 Å². The highest BCUT2D eigenvalue weighted by Gasteiger charge is 2.33. The molecule has 0 aliphatic heterocycles. The van der Waals surface area contributed by atoms with E-state index in [9.17, 15) is 4.79 Å². The molecule has 1 aliphatic carbocycles. The Kier molecular flexibility index (Phi) is 3.36. The molecule has 1 aliphatic rings. The Labute approximate surface area is 117 Å². The Morgan fingerprint density at radius 1 is 1.25 bits per heavy atom. The van der Waals surface area contributed by atoms with Crippen molar-refractivity contribution < 1.29 is 4.79 Å². The number of nitrogens with two attached hydrogens (primary N) is 1. The lowest BCUT2D eigenvalue weighted by Gasteiger charge is -2.22. The second-order valence-corrected chi connectivity index (χ2v) is 5.54. The van der Waals surface area contributed by atoms with Crippen LogP contribution in [0, 0.1) is 0 Å². The maximum atomic E-state index is 12.5. The molecule has 5 nitrogen and oxygen atoms in total. The molecular formula is C15H18N4O. The topological polar surface area (TPSA) is 73.8 Å². The van der Waals surface area contributed by atoms with Gasteiger partial charge in [-0.05, 0) is 25.0 Å². The van der Waals surface area contributed by atoms with Gasteiger partial charge in [-0.15, -0.1) is 5.10 Å². The predicted molar refractivity (Wildman–Crippen MR) is 75.7 cm³/mol. The van der Waals surface area contributed by atoms with Gasteiger partial charge < -0.3 is 5.73 Å². The number of carbonyl (C=O) groups excluding carboxylic acids is 1. The first-order chi connectivity index (χ1) is 9.68. The number of nitrogens with zero attached hydrogens (tertiary/aromatic N) is 3. The van der Waals surface area contributed by atoms with Gasteiger partial charge in [-0.3, -0.25) is 4.79 Å². The Morgan fingerprint density at radius 3 is 2.65 bits per heavy atom. The molecule has 0 amide bonds. The Balaban J connectivity index is 1.84. The molecule has 0 spiro atoms. The van der Waals surface area contributed by atoms with Crippen LogP contribution in [0.2, 0.25) is 0 Å². The van der Waals surface area contributed by atoms with Crippen molar-refractivity contribution in [3.05, 3.63) is 42.2 Å². The van der Waals surface area contributed by atoms with Crippen molar-refractivity contribution >= 4 is 5.78 Å². The van der Waals surface area contributed by atoms with Gasteiger partial charge in [0, 0.05) is 12.0 Å². The zero-order valence-electron chi connectivity index (χ0n) is 11.3. The van der Waals surface area contributed by atoms with Gasteiger partial charge in [-0.1, -0.05) is 36.3 Å². The van der Waals surface area contributed by atoms with Crippen LogP contribution in [0.15, 0.2) is 36.5 Å². The van der Waals surface area contributed by atoms with Gasteiger partial charge in [0.1, 0.15) is 5.69 Å². The molecule has 1 aromatic carbocycles. The number of benzene rings is 1. The van der Waals surface area contributed by atoms with E-state index in [-0.39, 0.29) is 11.3 Å². The highest BCUT2D eigenvalue weighted by molar-refractivity contribution is 5.95. The summed E-state index contributed by atoms with van der Waals surface area (Å²) < 4.78 is 1.58. The molecule has 0 bridgehead atoms. The lowest BCUT2D eigenvalue weighted by atomic mass is 9.91. The average Bonchev–Trinajstić information content (AvgIpc) is 3.08. The second kappa shape index (κ2) is 5.17. The smallest absolute Gasteiger partial charge is 0.184 e. The van der Waals surface area contributed by atoms with Crippen molar-refractivity contribution in [2.24, 2.45) is 5.73 Å². The summed E-state index contributed by atoms with van der Waals surface area (Å²) in [4.78, 5) is 12.5. The molecule has 0 radical (unpaired) electrons. The fourth-order valence-electron chi connectivity index (χ4n) is 2.85. The van der Waals surface area contributed by atoms with E-state index >= 15 is 0 Å². The van der Waals surface area contributed by atoms with E-state index in [1.165, 1.54) is 6.20 Å². The highest BCUT2D eigenvalue weighted by Crippen LogP contribution is 2.31. The first-order valence-corrected chi connectivity index (χ1v) is 6.96. The largest absolute Gasteiger partial charge is 0.325 e. The van der Waals surface area contributed by atoms with E-state index in [1.807, 2.05) is 30.3 Å². The van der Waals surface area contributed by atoms with Gasteiger partial charge in [0.25, 0.3) is 0 Å². The number of ketones is 1. The lowest BCUT2D eigenvalue weighted by Crippen LogP contribution is -2.39. The van der Waals surface area contributed by atoms with Gasteiger partial charge in [-0.2, -0.15) is 0 Å². The predicted octanol–water partition coefficient (Wildman–Crippen LogP) is 2.11. The monoisotopic (exact) mass is 270 g/mol. The average molecular weight is 270 g/mol. The summed E-state index contributed by atoms with van der Waals surface area (Å²) in [7, 11) is 0. The summed E-state index contributed by atoms with van der Waals surface area (Å²) >= 11 is 0. The van der Waals surface area contributed by atoms with Gasteiger partial charge >= 0.3 is 0 Å². The van der Waals surface area contributed by atoms with Crippen LogP contribution in [-0.4, -0.2) is 26.3 Å². The van der Waals surface area contributed by atoms with Crippen LogP contribution in [0.1, 0.15) is 42.6 Å². The van der Waals surface area contributed by atoms with E-state index in [0.717, 1.165) is 31.4 Å². The number of aromatic nitrogens is 3. The van der Waals surface area contributed by atoms with E-state index in [0.29, 0.717) is 12.1 Å². The van der Waals surface area contributed by atoms with E-state index in [4.69, 9.17) is 5.73 Å². The fraction of sp³-hybridized carbons (Fsp3) is 0.400. The third-order valence-corrected chi connectivity index (χ3v) is 3.95. The third-order valence-electron chi connectivity index (χ3n) is 3.95. The van der Waals surface area contributed by atoms with Crippen LogP contribution in [0.25, 0.3) is 5.69 Å². The number of Topliss-reactive ketones (excluding diaryl/α,β-unsaturated/α-hetero) is 1. The van der Waals surface area contributed by atoms with Crippen molar-refractivity contribution in [3.63, 3.8) is 0 Å². The summed E-state index contributed by atoms with van der Waals surface area (Å²) in [6.45, 7) is 0. The molecule has 1 heterocycles. The molecule has 3 rings (SSSR count). The zero-order chi connectivity index (χ0) is 14.0. The van der Waals surface area contributed by atoms with E-state index in [1.54, 1.807) is 4.68 Å². The van der Waals surface area contributed by atoms with E-state index < -0.39 is 0 Å². The highest BCUT2D eigenvalue weighted by atomic mass is 16.1. The molecule has 1 aromatic heterocycles. The molecule has 5 heteroatoms. The summed E-state index contributed by atoms with van der Waals surface area (Å²) in [6, 6.07) is 9.55. The summed E-state index contributed by atoms with van der Waals surface area (Å²) in [5.74, 6) is 0.0169. The molecule has 2 N–H and O–H groups in total. The molecule has 1 fully saturated rings. The van der Waals surface area contributed by atoms with Crippen LogP contribution in [-0.2, 0) is 0 Å². The molecule has 0 unspecified atom stereocenters. The maximum absolute atomic E-state index is 12.5. The van der Waals surface area contributed by atoms with Crippen LogP contribution < -0.4 is 5.73 Å². The summed E-state index contributed by atoms with van der Waals surface area (Å²) in [5, 5.41) is 7.88. The van der Waals surface area contributed by atoms with Crippen LogP contribution >= 0.6 is 0 Å². The van der Waals surface area contributed by atoms with Crippen molar-refractivity contribution in [3.8, 4) is 5.69 Å². The standard InChI is InChI=1S/C15H18N4O/c16-15(8-4-5-9-15)10-14(20)13-11-17-18-19(13)12-6-2-1-3-7-12/h1-3,6-7,11H,4-5,8-10,16H2. The molecule has 2 aromatic rings. The number of carbonyl (C=O) groups is 1. The third kappa shape index (κ3) is 2.49. The number of hydrogen-bond acceptors (Lipinski definition) is 4. The minimum Gasteiger partial charge on any atom is -0.325 e. The zero-order valence-corrected chi connectivity index (χ0v) is 11.3. The number of rotatable bonds is 4. The van der Waals surface area contributed by atoms with E-state index in [2.05, 4.69) is 10.3 Å². The van der Waals surface area contributed by atoms with Crippen LogP contribution in [0.3, 0.4) is 0 Å². The first-order valence-electron chi connectivity index (χ1n) is 6.96. The summed E-state index contributed by atoms with van der Waals surface area (Å²) in [5.41, 5.74) is 7.29. The second-order valence-electron chi connectivity index (χ2n) is 5.54. The molecule has 20 heavy (non-hydrogen) atoms.